The summed E-state index contributed by atoms with van der Waals surface area (Å²) in [6.07, 6.45) is 5.15. The lowest BCUT2D eigenvalue weighted by atomic mass is 9.98. The first-order valence-corrected chi connectivity index (χ1v) is 7.99. The molecular weight excluding hydrogens is 274 g/mol. The van der Waals surface area contributed by atoms with E-state index in [9.17, 15) is 14.7 Å². The van der Waals surface area contributed by atoms with Crippen LogP contribution in [0.3, 0.4) is 0 Å². The van der Waals surface area contributed by atoms with Gasteiger partial charge in [0.2, 0.25) is 0 Å². The average molecular weight is 295 g/mol. The van der Waals surface area contributed by atoms with Crippen molar-refractivity contribution in [2.45, 2.75) is 52.0 Å². The summed E-state index contributed by atoms with van der Waals surface area (Å²) in [6, 6.07) is 1.12. The van der Waals surface area contributed by atoms with Gasteiger partial charge in [-0.05, 0) is 43.2 Å². The highest BCUT2D eigenvalue weighted by atomic mass is 32.1. The van der Waals surface area contributed by atoms with Crippen molar-refractivity contribution in [3.05, 3.63) is 21.4 Å². The Hall–Kier alpha value is -1.36. The van der Waals surface area contributed by atoms with E-state index in [4.69, 9.17) is 0 Å². The number of rotatable bonds is 5. The van der Waals surface area contributed by atoms with E-state index in [0.717, 1.165) is 19.3 Å². The van der Waals surface area contributed by atoms with Gasteiger partial charge in [0.1, 0.15) is 6.04 Å². The number of amides is 1. The zero-order chi connectivity index (χ0) is 14.7. The van der Waals surface area contributed by atoms with Crippen molar-refractivity contribution < 1.29 is 14.7 Å². The molecule has 1 aliphatic carbocycles. The number of carboxylic acids is 1. The molecule has 2 unspecified atom stereocenters. The van der Waals surface area contributed by atoms with E-state index >= 15 is 0 Å². The van der Waals surface area contributed by atoms with E-state index in [1.807, 2.05) is 19.9 Å². The molecule has 2 atom stereocenters. The molecule has 20 heavy (non-hydrogen) atoms. The average Bonchev–Trinajstić information content (AvgIpc) is 2.87. The molecular formula is C15H21NO3S. The lowest BCUT2D eigenvalue weighted by Gasteiger charge is -2.19. The molecule has 0 bridgehead atoms. The standard InChI is InChI=1S/C15H21NO3S/c1-3-9(2)13(15(18)19)16-14(17)12-8-10-6-4-5-7-11(10)20-12/h8-9,13H,3-7H2,1-2H3,(H,16,17)(H,18,19). The molecule has 1 aliphatic rings. The van der Waals surface area contributed by atoms with Gasteiger partial charge in [-0.1, -0.05) is 20.3 Å². The molecule has 1 aromatic rings. The normalized spacial score (nSPS) is 17.1. The van der Waals surface area contributed by atoms with Crippen LogP contribution in [0, 0.1) is 5.92 Å². The van der Waals surface area contributed by atoms with Gasteiger partial charge in [-0.15, -0.1) is 11.3 Å². The number of hydrogen-bond donors (Lipinski definition) is 2. The summed E-state index contributed by atoms with van der Waals surface area (Å²) in [5.74, 6) is -1.29. The van der Waals surface area contributed by atoms with Crippen molar-refractivity contribution in [3.63, 3.8) is 0 Å². The molecule has 0 spiro atoms. The number of carbonyl (C=O) groups excluding carboxylic acids is 1. The van der Waals surface area contributed by atoms with Crippen molar-refractivity contribution in [1.29, 1.82) is 0 Å². The highest BCUT2D eigenvalue weighted by Crippen LogP contribution is 2.29. The molecule has 0 saturated heterocycles. The number of thiophene rings is 1. The zero-order valence-corrected chi connectivity index (χ0v) is 12.8. The Labute approximate surface area is 123 Å². The van der Waals surface area contributed by atoms with Crippen LogP contribution in [-0.4, -0.2) is 23.0 Å². The summed E-state index contributed by atoms with van der Waals surface area (Å²) in [5, 5.41) is 11.9. The van der Waals surface area contributed by atoms with Crippen LogP contribution in [-0.2, 0) is 17.6 Å². The van der Waals surface area contributed by atoms with Crippen molar-refractivity contribution in [1.82, 2.24) is 5.32 Å². The number of fused-ring (bicyclic) bond motifs is 1. The van der Waals surface area contributed by atoms with E-state index < -0.39 is 12.0 Å². The van der Waals surface area contributed by atoms with Crippen LogP contribution in [0.2, 0.25) is 0 Å². The molecule has 1 heterocycles. The first kappa shape index (κ1) is 15.0. The van der Waals surface area contributed by atoms with Crippen molar-refractivity contribution in [3.8, 4) is 0 Å². The quantitative estimate of drug-likeness (QED) is 0.878. The summed E-state index contributed by atoms with van der Waals surface area (Å²) in [5.41, 5.74) is 1.27. The summed E-state index contributed by atoms with van der Waals surface area (Å²) in [6.45, 7) is 3.77. The minimum absolute atomic E-state index is 0.0777. The predicted molar refractivity (Wildman–Crippen MR) is 79.3 cm³/mol. The highest BCUT2D eigenvalue weighted by molar-refractivity contribution is 7.14. The Balaban J connectivity index is 2.10. The molecule has 110 valence electrons. The molecule has 0 aliphatic heterocycles. The second kappa shape index (κ2) is 6.39. The van der Waals surface area contributed by atoms with Gasteiger partial charge in [-0.3, -0.25) is 4.79 Å². The highest BCUT2D eigenvalue weighted by Gasteiger charge is 2.27. The van der Waals surface area contributed by atoms with Gasteiger partial charge in [0.25, 0.3) is 5.91 Å². The zero-order valence-electron chi connectivity index (χ0n) is 11.9. The lowest BCUT2D eigenvalue weighted by molar-refractivity contribution is -0.140. The Morgan fingerprint density at radius 2 is 2.10 bits per heavy atom. The first-order valence-electron chi connectivity index (χ1n) is 7.18. The van der Waals surface area contributed by atoms with Crippen molar-refractivity contribution in [2.24, 2.45) is 5.92 Å². The third kappa shape index (κ3) is 3.20. The minimum Gasteiger partial charge on any atom is -0.480 e. The smallest absolute Gasteiger partial charge is 0.326 e. The fourth-order valence-corrected chi connectivity index (χ4v) is 3.65. The van der Waals surface area contributed by atoms with Crippen molar-refractivity contribution >= 4 is 23.2 Å². The minimum atomic E-state index is -0.964. The Bertz CT molecular complexity index is 486. The van der Waals surface area contributed by atoms with E-state index in [-0.39, 0.29) is 11.8 Å². The third-order valence-corrected chi connectivity index (χ3v) is 5.22. The second-order valence-electron chi connectivity index (χ2n) is 5.44. The number of nitrogens with one attached hydrogen (secondary N) is 1. The Morgan fingerprint density at radius 1 is 1.40 bits per heavy atom. The van der Waals surface area contributed by atoms with E-state index in [1.54, 1.807) is 0 Å². The molecule has 1 amide bonds. The van der Waals surface area contributed by atoms with Gasteiger partial charge in [0.05, 0.1) is 4.88 Å². The number of carboxylic acid groups (broad SMARTS) is 1. The van der Waals surface area contributed by atoms with Crippen LogP contribution in [0.25, 0.3) is 0 Å². The number of aryl methyl sites for hydroxylation is 2. The molecule has 2 rings (SSSR count). The van der Waals surface area contributed by atoms with E-state index in [1.165, 1.54) is 34.6 Å². The monoisotopic (exact) mass is 295 g/mol. The van der Waals surface area contributed by atoms with Crippen LogP contribution in [0.1, 0.15) is 53.2 Å². The summed E-state index contributed by atoms with van der Waals surface area (Å²) < 4.78 is 0. The SMILES string of the molecule is CCC(C)C(NC(=O)c1cc2c(s1)CCCC2)C(=O)O. The van der Waals surface area contributed by atoms with E-state index in [2.05, 4.69) is 5.32 Å². The summed E-state index contributed by atoms with van der Waals surface area (Å²) >= 11 is 1.51. The van der Waals surface area contributed by atoms with Crippen LogP contribution < -0.4 is 5.32 Å². The van der Waals surface area contributed by atoms with Gasteiger partial charge in [0.15, 0.2) is 0 Å². The van der Waals surface area contributed by atoms with Crippen LogP contribution in [0.15, 0.2) is 6.07 Å². The fraction of sp³-hybridized carbons (Fsp3) is 0.600. The molecule has 0 aromatic carbocycles. The number of hydrogen-bond acceptors (Lipinski definition) is 3. The van der Waals surface area contributed by atoms with Gasteiger partial charge in [-0.25, -0.2) is 4.79 Å². The van der Waals surface area contributed by atoms with Crippen LogP contribution in [0.4, 0.5) is 0 Å². The Morgan fingerprint density at radius 3 is 2.70 bits per heavy atom. The maximum Gasteiger partial charge on any atom is 0.326 e. The molecule has 4 nitrogen and oxygen atoms in total. The topological polar surface area (TPSA) is 66.4 Å². The predicted octanol–water partition coefficient (Wildman–Crippen LogP) is 2.86. The first-order chi connectivity index (χ1) is 9.52. The molecule has 1 aromatic heterocycles. The van der Waals surface area contributed by atoms with Gasteiger partial charge in [0, 0.05) is 4.88 Å². The van der Waals surface area contributed by atoms with Gasteiger partial charge in [-0.2, -0.15) is 0 Å². The van der Waals surface area contributed by atoms with Crippen LogP contribution in [0.5, 0.6) is 0 Å². The maximum atomic E-state index is 12.2. The molecule has 0 fully saturated rings. The second-order valence-corrected chi connectivity index (χ2v) is 6.58. The third-order valence-electron chi connectivity index (χ3n) is 3.99. The van der Waals surface area contributed by atoms with Gasteiger partial charge >= 0.3 is 5.97 Å². The van der Waals surface area contributed by atoms with Crippen molar-refractivity contribution in [2.75, 3.05) is 0 Å². The Kier molecular flexibility index (Phi) is 4.81. The lowest BCUT2D eigenvalue weighted by Crippen LogP contribution is -2.44. The number of carbonyl (C=O) groups is 2. The molecule has 5 heteroatoms. The van der Waals surface area contributed by atoms with Crippen LogP contribution >= 0.6 is 11.3 Å². The fourth-order valence-electron chi connectivity index (χ4n) is 2.50. The largest absolute Gasteiger partial charge is 0.480 e. The summed E-state index contributed by atoms with van der Waals surface area (Å²) in [7, 11) is 0. The molecule has 0 radical (unpaired) electrons. The van der Waals surface area contributed by atoms with E-state index in [0.29, 0.717) is 4.88 Å². The van der Waals surface area contributed by atoms with Gasteiger partial charge < -0.3 is 10.4 Å². The molecule has 2 N–H and O–H groups in total. The molecule has 0 saturated carbocycles. The maximum absolute atomic E-state index is 12.2. The number of aliphatic carboxylic acids is 1. The summed E-state index contributed by atoms with van der Waals surface area (Å²) in [4.78, 5) is 25.4.